The number of benzene rings is 2. The van der Waals surface area contributed by atoms with E-state index < -0.39 is 0 Å². The summed E-state index contributed by atoms with van der Waals surface area (Å²) in [4.78, 5) is 12.4. The van der Waals surface area contributed by atoms with E-state index in [9.17, 15) is 4.79 Å². The molecule has 0 atom stereocenters. The molecule has 1 heterocycles. The minimum absolute atomic E-state index is 0.175. The summed E-state index contributed by atoms with van der Waals surface area (Å²) in [5.74, 6) is 2.07. The van der Waals surface area contributed by atoms with Crippen molar-refractivity contribution in [3.8, 4) is 17.2 Å². The highest BCUT2D eigenvalue weighted by Crippen LogP contribution is 2.29. The van der Waals surface area contributed by atoms with Crippen molar-refractivity contribution in [2.45, 2.75) is 6.42 Å². The largest absolute Gasteiger partial charge is 0.497 e. The lowest BCUT2D eigenvalue weighted by atomic mass is 10.2. The molecule has 0 aliphatic carbocycles. The van der Waals surface area contributed by atoms with Crippen LogP contribution in [0.5, 0.6) is 17.2 Å². The third-order valence-corrected chi connectivity index (χ3v) is 4.87. The average molecular weight is 402 g/mol. The molecule has 1 saturated heterocycles. The second-order valence-electron chi connectivity index (χ2n) is 5.62. The van der Waals surface area contributed by atoms with E-state index in [1.54, 1.807) is 13.2 Å². The second kappa shape index (κ2) is 9.43. The van der Waals surface area contributed by atoms with E-state index in [-0.39, 0.29) is 5.91 Å². The first-order valence-corrected chi connectivity index (χ1v) is 9.62. The Morgan fingerprint density at radius 2 is 1.85 bits per heavy atom. The van der Waals surface area contributed by atoms with Crippen LogP contribution in [0.3, 0.4) is 0 Å². The van der Waals surface area contributed by atoms with Crippen molar-refractivity contribution in [2.24, 2.45) is 0 Å². The van der Waals surface area contributed by atoms with Gasteiger partial charge in [0.1, 0.15) is 21.6 Å². The van der Waals surface area contributed by atoms with Gasteiger partial charge in [0.05, 0.1) is 25.2 Å². The summed E-state index contributed by atoms with van der Waals surface area (Å²) in [5, 5.41) is 2.61. The molecule has 1 N–H and O–H groups in total. The number of hydrogen-bond acceptors (Lipinski definition) is 6. The summed E-state index contributed by atoms with van der Waals surface area (Å²) in [6.07, 6.45) is 2.52. The Bertz CT molecular complexity index is 867. The fraction of sp³-hybridized carbons (Fsp3) is 0.200. The van der Waals surface area contributed by atoms with Gasteiger partial charge in [0, 0.05) is 18.1 Å². The van der Waals surface area contributed by atoms with Crippen molar-refractivity contribution in [2.75, 3.05) is 20.3 Å². The molecule has 0 unspecified atom stereocenters. The van der Waals surface area contributed by atoms with Gasteiger partial charge in [0.25, 0.3) is 5.91 Å². The second-order valence-corrected chi connectivity index (χ2v) is 7.34. The lowest BCUT2D eigenvalue weighted by Crippen LogP contribution is -2.17. The van der Waals surface area contributed by atoms with E-state index in [0.717, 1.165) is 29.2 Å². The van der Waals surface area contributed by atoms with E-state index in [1.807, 2.05) is 48.5 Å². The number of carbonyl (C=O) groups excluding carboxylic acids is 1. The molecule has 1 aliphatic heterocycles. The van der Waals surface area contributed by atoms with Crippen LogP contribution in [-0.4, -0.2) is 30.6 Å². The zero-order valence-corrected chi connectivity index (χ0v) is 16.4. The van der Waals surface area contributed by atoms with Crippen LogP contribution in [-0.2, 0) is 4.79 Å². The molecular formula is C20H19NO4S2. The van der Waals surface area contributed by atoms with Gasteiger partial charge < -0.3 is 19.5 Å². The van der Waals surface area contributed by atoms with Gasteiger partial charge in [0.15, 0.2) is 0 Å². The molecule has 27 heavy (non-hydrogen) atoms. The van der Waals surface area contributed by atoms with Gasteiger partial charge in [-0.05, 0) is 24.3 Å². The predicted octanol–water partition coefficient (Wildman–Crippen LogP) is 4.03. The van der Waals surface area contributed by atoms with Crippen LogP contribution in [0.15, 0.2) is 53.4 Å². The van der Waals surface area contributed by atoms with Crippen LogP contribution in [0.25, 0.3) is 6.08 Å². The smallest absolute Gasteiger partial charge is 0.263 e. The number of thioether (sulfide) groups is 1. The molecule has 0 spiro atoms. The molecule has 3 rings (SSSR count). The molecule has 1 aliphatic rings. The van der Waals surface area contributed by atoms with E-state index in [1.165, 1.54) is 11.8 Å². The highest BCUT2D eigenvalue weighted by molar-refractivity contribution is 8.26. The third-order valence-electron chi connectivity index (χ3n) is 3.70. The first kappa shape index (κ1) is 19.3. The standard InChI is InChI=1S/C20H19NO4S2/c1-23-15-7-4-8-16(13-15)24-10-5-11-25-17-9-3-2-6-14(17)12-18-19(22)21-20(26)27-18/h2-4,6-9,12-13H,5,10-11H2,1H3,(H,21,22,26)/b18-12+. The highest BCUT2D eigenvalue weighted by Gasteiger charge is 2.22. The van der Waals surface area contributed by atoms with Crippen LogP contribution in [0.4, 0.5) is 0 Å². The maximum atomic E-state index is 11.8. The Balaban J connectivity index is 1.52. The lowest BCUT2D eigenvalue weighted by molar-refractivity contribution is -0.115. The molecule has 140 valence electrons. The number of amides is 1. The molecule has 7 heteroatoms. The SMILES string of the molecule is COc1cccc(OCCCOc2ccccc2/C=C2/SC(=S)NC2=O)c1. The number of ether oxygens (including phenoxy) is 3. The number of rotatable bonds is 8. The minimum Gasteiger partial charge on any atom is -0.497 e. The zero-order valence-electron chi connectivity index (χ0n) is 14.8. The van der Waals surface area contributed by atoms with Crippen molar-refractivity contribution in [1.29, 1.82) is 0 Å². The highest BCUT2D eigenvalue weighted by atomic mass is 32.2. The Labute approximate surface area is 167 Å². The van der Waals surface area contributed by atoms with Crippen molar-refractivity contribution in [3.63, 3.8) is 0 Å². The lowest BCUT2D eigenvalue weighted by Gasteiger charge is -2.11. The first-order valence-electron chi connectivity index (χ1n) is 8.39. The Kier molecular flexibility index (Phi) is 6.73. The molecule has 0 radical (unpaired) electrons. The van der Waals surface area contributed by atoms with Gasteiger partial charge in [-0.3, -0.25) is 4.79 Å². The number of para-hydroxylation sites is 1. The van der Waals surface area contributed by atoms with Crippen LogP contribution in [0.1, 0.15) is 12.0 Å². The third kappa shape index (κ3) is 5.48. The molecule has 5 nitrogen and oxygen atoms in total. The Morgan fingerprint density at radius 1 is 1.07 bits per heavy atom. The van der Waals surface area contributed by atoms with Crippen molar-refractivity contribution >= 4 is 40.3 Å². The summed E-state index contributed by atoms with van der Waals surface area (Å²) in [6.45, 7) is 1.03. The fourth-order valence-corrected chi connectivity index (χ4v) is 3.45. The number of carbonyl (C=O) groups is 1. The fourth-order valence-electron chi connectivity index (χ4n) is 2.42. The molecule has 0 aromatic heterocycles. The van der Waals surface area contributed by atoms with E-state index in [2.05, 4.69) is 5.32 Å². The van der Waals surface area contributed by atoms with E-state index in [4.69, 9.17) is 26.4 Å². The van der Waals surface area contributed by atoms with Gasteiger partial charge in [-0.15, -0.1) is 0 Å². The topological polar surface area (TPSA) is 56.8 Å². The van der Waals surface area contributed by atoms with Crippen molar-refractivity contribution in [3.05, 3.63) is 59.0 Å². The van der Waals surface area contributed by atoms with Crippen LogP contribution in [0.2, 0.25) is 0 Å². The van der Waals surface area contributed by atoms with Gasteiger partial charge >= 0.3 is 0 Å². The van der Waals surface area contributed by atoms with Gasteiger partial charge in [0.2, 0.25) is 0 Å². The van der Waals surface area contributed by atoms with Crippen molar-refractivity contribution in [1.82, 2.24) is 5.32 Å². The summed E-state index contributed by atoms with van der Waals surface area (Å²) in [6, 6.07) is 15.1. The van der Waals surface area contributed by atoms with Crippen LogP contribution >= 0.6 is 24.0 Å². The summed E-state index contributed by atoms with van der Waals surface area (Å²) in [7, 11) is 1.63. The van der Waals surface area contributed by atoms with Gasteiger partial charge in [-0.2, -0.15) is 0 Å². The molecule has 0 bridgehead atoms. The number of methoxy groups -OCH3 is 1. The van der Waals surface area contributed by atoms with Crippen LogP contribution < -0.4 is 19.5 Å². The maximum Gasteiger partial charge on any atom is 0.263 e. The summed E-state index contributed by atoms with van der Waals surface area (Å²) in [5.41, 5.74) is 0.841. The Morgan fingerprint density at radius 3 is 2.63 bits per heavy atom. The number of thiocarbonyl (C=S) groups is 1. The molecule has 0 saturated carbocycles. The first-order chi connectivity index (χ1) is 13.2. The summed E-state index contributed by atoms with van der Waals surface area (Å²) < 4.78 is 17.2. The molecule has 1 amide bonds. The van der Waals surface area contributed by atoms with Crippen LogP contribution in [0, 0.1) is 0 Å². The predicted molar refractivity (Wildman–Crippen MR) is 111 cm³/mol. The molecule has 1 fully saturated rings. The van der Waals surface area contributed by atoms with Crippen molar-refractivity contribution < 1.29 is 19.0 Å². The monoisotopic (exact) mass is 401 g/mol. The van der Waals surface area contributed by atoms with Gasteiger partial charge in [-0.1, -0.05) is 48.2 Å². The summed E-state index contributed by atoms with van der Waals surface area (Å²) >= 11 is 6.27. The van der Waals surface area contributed by atoms with E-state index in [0.29, 0.717) is 22.4 Å². The molecular weight excluding hydrogens is 382 g/mol. The van der Waals surface area contributed by atoms with Gasteiger partial charge in [-0.25, -0.2) is 0 Å². The quantitative estimate of drug-likeness (QED) is 0.409. The minimum atomic E-state index is -0.175. The number of nitrogens with one attached hydrogen (secondary N) is 1. The Hall–Kier alpha value is -2.51. The normalized spacial score (nSPS) is 14.9. The number of hydrogen-bond donors (Lipinski definition) is 1. The molecule has 2 aromatic carbocycles. The average Bonchev–Trinajstić information content (AvgIpc) is 3.00. The van der Waals surface area contributed by atoms with E-state index >= 15 is 0 Å². The molecule has 2 aromatic rings. The maximum absolute atomic E-state index is 11.8. The zero-order chi connectivity index (χ0) is 19.1.